The Morgan fingerprint density at radius 1 is 1.33 bits per heavy atom. The molecule has 0 bridgehead atoms. The summed E-state index contributed by atoms with van der Waals surface area (Å²) in [4.78, 5) is 24.9. The van der Waals surface area contributed by atoms with E-state index < -0.39 is 5.97 Å². The number of nitrogens with zero attached hydrogens (tertiary/aromatic N) is 1. The third kappa shape index (κ3) is 3.82. The molecule has 0 saturated carbocycles. The highest BCUT2D eigenvalue weighted by molar-refractivity contribution is 5.95. The Hall–Kier alpha value is -1.88. The maximum atomic E-state index is 12.6. The van der Waals surface area contributed by atoms with Crippen molar-refractivity contribution in [2.24, 2.45) is 0 Å². The molecule has 1 aromatic rings. The number of hydrogen-bond donors (Lipinski definition) is 2. The molecule has 1 amide bonds. The van der Waals surface area contributed by atoms with Crippen molar-refractivity contribution >= 4 is 11.9 Å². The lowest BCUT2D eigenvalue weighted by atomic mass is 9.98. The van der Waals surface area contributed by atoms with Gasteiger partial charge in [0, 0.05) is 24.7 Å². The minimum absolute atomic E-state index is 0.0222. The Kier molecular flexibility index (Phi) is 4.96. The largest absolute Gasteiger partial charge is 0.481 e. The molecule has 0 aliphatic carbocycles. The molecule has 0 radical (unpaired) electrons. The van der Waals surface area contributed by atoms with E-state index >= 15 is 0 Å². The van der Waals surface area contributed by atoms with Gasteiger partial charge in [0.1, 0.15) is 0 Å². The van der Waals surface area contributed by atoms with Crippen LogP contribution in [0.3, 0.4) is 0 Å². The molecule has 0 saturated heterocycles. The number of nitrogens with one attached hydrogen (secondary N) is 1. The third-order valence-electron chi connectivity index (χ3n) is 3.79. The SMILES string of the molecule is CC(C)N(CCC(=O)O)C(=O)c1ccc2c(c1)CNCC2. The van der Waals surface area contributed by atoms with Crippen LogP contribution in [0.2, 0.25) is 0 Å². The summed E-state index contributed by atoms with van der Waals surface area (Å²) in [5, 5.41) is 12.1. The van der Waals surface area contributed by atoms with Gasteiger partial charge in [0.2, 0.25) is 0 Å². The van der Waals surface area contributed by atoms with E-state index in [0.29, 0.717) is 5.56 Å². The molecule has 5 nitrogen and oxygen atoms in total. The highest BCUT2D eigenvalue weighted by Gasteiger charge is 2.21. The van der Waals surface area contributed by atoms with Gasteiger partial charge in [-0.25, -0.2) is 0 Å². The second-order valence-corrected chi connectivity index (χ2v) is 5.65. The molecule has 2 rings (SSSR count). The smallest absolute Gasteiger partial charge is 0.305 e. The number of benzene rings is 1. The molecule has 0 fully saturated rings. The second-order valence-electron chi connectivity index (χ2n) is 5.65. The van der Waals surface area contributed by atoms with Gasteiger partial charge in [-0.1, -0.05) is 6.07 Å². The number of aliphatic carboxylic acids is 1. The summed E-state index contributed by atoms with van der Waals surface area (Å²) in [7, 11) is 0. The molecule has 21 heavy (non-hydrogen) atoms. The summed E-state index contributed by atoms with van der Waals surface area (Å²) in [5.74, 6) is -0.984. The molecule has 2 N–H and O–H groups in total. The minimum atomic E-state index is -0.886. The van der Waals surface area contributed by atoms with Crippen molar-refractivity contribution in [3.63, 3.8) is 0 Å². The summed E-state index contributed by atoms with van der Waals surface area (Å²) in [5.41, 5.74) is 3.08. The number of rotatable bonds is 5. The number of carboxylic acids is 1. The summed E-state index contributed by atoms with van der Waals surface area (Å²) < 4.78 is 0. The van der Waals surface area contributed by atoms with Gasteiger partial charge in [0.15, 0.2) is 0 Å². The van der Waals surface area contributed by atoms with Crippen molar-refractivity contribution in [3.05, 3.63) is 34.9 Å². The van der Waals surface area contributed by atoms with E-state index in [2.05, 4.69) is 5.32 Å². The molecular formula is C16H22N2O3. The van der Waals surface area contributed by atoms with Crippen molar-refractivity contribution in [2.45, 2.75) is 39.3 Å². The van der Waals surface area contributed by atoms with Crippen molar-refractivity contribution in [3.8, 4) is 0 Å². The Morgan fingerprint density at radius 3 is 2.76 bits per heavy atom. The van der Waals surface area contributed by atoms with Crippen molar-refractivity contribution in [1.29, 1.82) is 0 Å². The molecule has 5 heteroatoms. The van der Waals surface area contributed by atoms with E-state index in [4.69, 9.17) is 5.11 Å². The third-order valence-corrected chi connectivity index (χ3v) is 3.79. The number of carbonyl (C=O) groups excluding carboxylic acids is 1. The van der Waals surface area contributed by atoms with Crippen LogP contribution in [0.15, 0.2) is 18.2 Å². The topological polar surface area (TPSA) is 69.6 Å². The molecule has 1 aliphatic rings. The summed E-state index contributed by atoms with van der Waals surface area (Å²) in [6.07, 6.45) is 0.952. The monoisotopic (exact) mass is 290 g/mol. The maximum Gasteiger partial charge on any atom is 0.305 e. The number of carboxylic acid groups (broad SMARTS) is 1. The molecule has 0 spiro atoms. The van der Waals surface area contributed by atoms with E-state index in [9.17, 15) is 9.59 Å². The summed E-state index contributed by atoms with van der Waals surface area (Å²) in [6, 6.07) is 5.77. The quantitative estimate of drug-likeness (QED) is 0.865. The van der Waals surface area contributed by atoms with Crippen LogP contribution in [0, 0.1) is 0 Å². The fraction of sp³-hybridized carbons (Fsp3) is 0.500. The predicted molar refractivity (Wildman–Crippen MR) is 80.3 cm³/mol. The molecule has 1 heterocycles. The number of hydrogen-bond acceptors (Lipinski definition) is 3. The van der Waals surface area contributed by atoms with Crippen molar-refractivity contribution in [2.75, 3.05) is 13.1 Å². The minimum Gasteiger partial charge on any atom is -0.481 e. The Bertz CT molecular complexity index is 540. The van der Waals surface area contributed by atoms with Crippen LogP contribution in [-0.2, 0) is 17.8 Å². The van der Waals surface area contributed by atoms with Gasteiger partial charge in [-0.15, -0.1) is 0 Å². The lowest BCUT2D eigenvalue weighted by Gasteiger charge is -2.27. The molecule has 1 aromatic carbocycles. The molecule has 114 valence electrons. The van der Waals surface area contributed by atoms with E-state index in [1.165, 1.54) is 5.56 Å². The first-order valence-corrected chi connectivity index (χ1v) is 7.34. The summed E-state index contributed by atoms with van der Waals surface area (Å²) >= 11 is 0. The fourth-order valence-corrected chi connectivity index (χ4v) is 2.59. The molecule has 1 aliphatic heterocycles. The highest BCUT2D eigenvalue weighted by Crippen LogP contribution is 2.18. The van der Waals surface area contributed by atoms with Gasteiger partial charge >= 0.3 is 5.97 Å². The van der Waals surface area contributed by atoms with Crippen LogP contribution in [-0.4, -0.2) is 41.0 Å². The van der Waals surface area contributed by atoms with Crippen LogP contribution in [0.25, 0.3) is 0 Å². The van der Waals surface area contributed by atoms with Crippen LogP contribution in [0.4, 0.5) is 0 Å². The van der Waals surface area contributed by atoms with Crippen molar-refractivity contribution < 1.29 is 14.7 Å². The van der Waals surface area contributed by atoms with E-state index in [1.807, 2.05) is 32.0 Å². The van der Waals surface area contributed by atoms with Crippen LogP contribution >= 0.6 is 0 Å². The highest BCUT2D eigenvalue weighted by atomic mass is 16.4. The van der Waals surface area contributed by atoms with Gasteiger partial charge in [0.25, 0.3) is 5.91 Å². The average Bonchev–Trinajstić information content (AvgIpc) is 2.46. The number of carbonyl (C=O) groups is 2. The second kappa shape index (κ2) is 6.72. The Balaban J connectivity index is 2.18. The Labute approximate surface area is 125 Å². The van der Waals surface area contributed by atoms with Gasteiger partial charge in [0.05, 0.1) is 6.42 Å². The number of fused-ring (bicyclic) bond motifs is 1. The normalized spacial score (nSPS) is 13.9. The first-order valence-electron chi connectivity index (χ1n) is 7.34. The first kappa shape index (κ1) is 15.5. The van der Waals surface area contributed by atoms with E-state index in [-0.39, 0.29) is 24.9 Å². The lowest BCUT2D eigenvalue weighted by Crippen LogP contribution is -2.38. The van der Waals surface area contributed by atoms with E-state index in [1.54, 1.807) is 4.90 Å². The zero-order valence-corrected chi connectivity index (χ0v) is 12.6. The van der Waals surface area contributed by atoms with Crippen LogP contribution in [0.1, 0.15) is 41.8 Å². The lowest BCUT2D eigenvalue weighted by molar-refractivity contribution is -0.137. The zero-order chi connectivity index (χ0) is 15.4. The van der Waals surface area contributed by atoms with E-state index in [0.717, 1.165) is 25.1 Å². The van der Waals surface area contributed by atoms with Gasteiger partial charge in [-0.2, -0.15) is 0 Å². The standard InChI is InChI=1S/C16H22N2O3/c1-11(2)18(8-6-15(19)20)16(21)13-4-3-12-5-7-17-10-14(12)9-13/h3-4,9,11,17H,5-8,10H2,1-2H3,(H,19,20). The molecule has 0 aromatic heterocycles. The molecule has 0 atom stereocenters. The molecular weight excluding hydrogens is 268 g/mol. The number of amides is 1. The molecule has 0 unspecified atom stereocenters. The Morgan fingerprint density at radius 2 is 2.10 bits per heavy atom. The predicted octanol–water partition coefficient (Wildman–Crippen LogP) is 1.66. The van der Waals surface area contributed by atoms with Gasteiger partial charge < -0.3 is 15.3 Å². The van der Waals surface area contributed by atoms with Crippen LogP contribution < -0.4 is 5.32 Å². The van der Waals surface area contributed by atoms with Crippen LogP contribution in [0.5, 0.6) is 0 Å². The summed E-state index contributed by atoms with van der Waals surface area (Å²) in [6.45, 7) is 5.80. The maximum absolute atomic E-state index is 12.6. The first-order chi connectivity index (χ1) is 9.99. The average molecular weight is 290 g/mol. The van der Waals surface area contributed by atoms with Crippen molar-refractivity contribution in [1.82, 2.24) is 10.2 Å². The van der Waals surface area contributed by atoms with Gasteiger partial charge in [-0.3, -0.25) is 9.59 Å². The van der Waals surface area contributed by atoms with Gasteiger partial charge in [-0.05, 0) is 50.1 Å². The fourth-order valence-electron chi connectivity index (χ4n) is 2.59. The zero-order valence-electron chi connectivity index (χ0n) is 12.6.